The monoisotopic (exact) mass is 198 g/mol. The van der Waals surface area contributed by atoms with Crippen molar-refractivity contribution in [3.05, 3.63) is 12.7 Å². The average Bonchev–Trinajstić information content (AvgIpc) is 2.15. The highest BCUT2D eigenvalue weighted by molar-refractivity contribution is 5.81. The van der Waals surface area contributed by atoms with E-state index in [0.717, 1.165) is 19.4 Å². The molecule has 3 nitrogen and oxygen atoms in total. The van der Waals surface area contributed by atoms with Crippen LogP contribution in [0.2, 0.25) is 0 Å². The van der Waals surface area contributed by atoms with E-state index in [0.29, 0.717) is 0 Å². The van der Waals surface area contributed by atoms with Gasteiger partial charge in [0.05, 0.1) is 6.04 Å². The maximum absolute atomic E-state index is 11.7. The zero-order valence-electron chi connectivity index (χ0n) is 9.49. The summed E-state index contributed by atoms with van der Waals surface area (Å²) in [5.74, 6) is 0.230. The van der Waals surface area contributed by atoms with Crippen LogP contribution in [0.5, 0.6) is 0 Å². The lowest BCUT2D eigenvalue weighted by Crippen LogP contribution is -2.45. The van der Waals surface area contributed by atoms with E-state index in [2.05, 4.69) is 6.58 Å². The van der Waals surface area contributed by atoms with Crippen molar-refractivity contribution in [2.24, 2.45) is 11.7 Å². The maximum atomic E-state index is 11.7. The molecule has 1 atom stereocenters. The molecule has 0 rings (SSSR count). The van der Waals surface area contributed by atoms with Crippen LogP contribution < -0.4 is 5.73 Å². The molecule has 82 valence electrons. The Hall–Kier alpha value is -0.830. The summed E-state index contributed by atoms with van der Waals surface area (Å²) in [4.78, 5) is 13.4. The highest BCUT2D eigenvalue weighted by Gasteiger charge is 2.20. The van der Waals surface area contributed by atoms with Gasteiger partial charge in [-0.3, -0.25) is 4.79 Å². The maximum Gasteiger partial charge on any atom is 0.239 e. The zero-order valence-corrected chi connectivity index (χ0v) is 9.49. The summed E-state index contributed by atoms with van der Waals surface area (Å²) in [6, 6.07) is -0.372. The molecule has 0 spiro atoms. The molecule has 0 aliphatic rings. The second-order valence-electron chi connectivity index (χ2n) is 3.96. The third-order valence-corrected chi connectivity index (χ3v) is 2.28. The first-order valence-corrected chi connectivity index (χ1v) is 5.12. The molecule has 0 heterocycles. The Morgan fingerprint density at radius 3 is 2.57 bits per heavy atom. The van der Waals surface area contributed by atoms with Crippen molar-refractivity contribution in [2.75, 3.05) is 13.6 Å². The molecule has 0 aliphatic heterocycles. The third kappa shape index (κ3) is 4.42. The summed E-state index contributed by atoms with van der Waals surface area (Å²) >= 11 is 0. The first-order chi connectivity index (χ1) is 6.50. The van der Waals surface area contributed by atoms with E-state index in [1.165, 1.54) is 0 Å². The number of likely N-dealkylation sites (N-methyl/N-ethyl adjacent to an activating group) is 1. The van der Waals surface area contributed by atoms with Gasteiger partial charge < -0.3 is 10.6 Å². The Morgan fingerprint density at radius 2 is 2.14 bits per heavy atom. The van der Waals surface area contributed by atoms with Gasteiger partial charge in [-0.1, -0.05) is 19.9 Å². The number of rotatable bonds is 6. The molecule has 0 saturated carbocycles. The molecule has 0 unspecified atom stereocenters. The van der Waals surface area contributed by atoms with Gasteiger partial charge in [0, 0.05) is 13.6 Å². The van der Waals surface area contributed by atoms with Crippen LogP contribution in [0.15, 0.2) is 12.7 Å². The van der Waals surface area contributed by atoms with Gasteiger partial charge >= 0.3 is 0 Å². The Morgan fingerprint density at radius 1 is 1.57 bits per heavy atom. The molecule has 1 amide bonds. The predicted octanol–water partition coefficient (Wildman–Crippen LogP) is 1.39. The number of amides is 1. The van der Waals surface area contributed by atoms with Crippen LogP contribution in [0.4, 0.5) is 0 Å². The zero-order chi connectivity index (χ0) is 11.1. The molecule has 2 N–H and O–H groups in total. The summed E-state index contributed by atoms with van der Waals surface area (Å²) < 4.78 is 0. The molecule has 0 aromatic carbocycles. The molecule has 14 heavy (non-hydrogen) atoms. The van der Waals surface area contributed by atoms with Crippen molar-refractivity contribution in [2.45, 2.75) is 32.7 Å². The highest BCUT2D eigenvalue weighted by Crippen LogP contribution is 2.03. The van der Waals surface area contributed by atoms with Crippen molar-refractivity contribution in [3.8, 4) is 0 Å². The number of carbonyl (C=O) groups is 1. The number of hydrogen-bond donors (Lipinski definition) is 1. The number of nitrogens with two attached hydrogens (primary N) is 1. The van der Waals surface area contributed by atoms with Crippen molar-refractivity contribution in [1.82, 2.24) is 4.90 Å². The fourth-order valence-corrected chi connectivity index (χ4v) is 1.12. The quantitative estimate of drug-likeness (QED) is 0.518. The Labute approximate surface area is 87.0 Å². The van der Waals surface area contributed by atoms with Gasteiger partial charge in [-0.05, 0) is 18.8 Å². The first-order valence-electron chi connectivity index (χ1n) is 5.12. The molecular weight excluding hydrogens is 176 g/mol. The molecule has 3 heteroatoms. The SMILES string of the molecule is C=CCCCN(C)C(=O)[C@H](N)C(C)C. The summed E-state index contributed by atoms with van der Waals surface area (Å²) in [6.45, 7) is 8.31. The largest absolute Gasteiger partial charge is 0.344 e. The van der Waals surface area contributed by atoms with E-state index in [1.807, 2.05) is 19.9 Å². The second kappa shape index (κ2) is 6.60. The van der Waals surface area contributed by atoms with E-state index in [9.17, 15) is 4.79 Å². The van der Waals surface area contributed by atoms with Gasteiger partial charge in [-0.15, -0.1) is 6.58 Å². The Bertz CT molecular complexity index is 190. The minimum absolute atomic E-state index is 0.0315. The highest BCUT2D eigenvalue weighted by atomic mass is 16.2. The number of hydrogen-bond acceptors (Lipinski definition) is 2. The van der Waals surface area contributed by atoms with Crippen LogP contribution >= 0.6 is 0 Å². The average molecular weight is 198 g/mol. The van der Waals surface area contributed by atoms with Crippen LogP contribution in [-0.2, 0) is 4.79 Å². The van der Waals surface area contributed by atoms with Gasteiger partial charge in [-0.25, -0.2) is 0 Å². The topological polar surface area (TPSA) is 46.3 Å². The van der Waals surface area contributed by atoms with Crippen LogP contribution in [0.25, 0.3) is 0 Å². The second-order valence-corrected chi connectivity index (χ2v) is 3.96. The number of carbonyl (C=O) groups excluding carboxylic acids is 1. The number of unbranched alkanes of at least 4 members (excludes halogenated alkanes) is 1. The fourth-order valence-electron chi connectivity index (χ4n) is 1.12. The lowest BCUT2D eigenvalue weighted by molar-refractivity contribution is -0.132. The van der Waals surface area contributed by atoms with Crippen molar-refractivity contribution in [3.63, 3.8) is 0 Å². The fraction of sp³-hybridized carbons (Fsp3) is 0.727. The Balaban J connectivity index is 3.92. The first kappa shape index (κ1) is 13.2. The predicted molar refractivity (Wildman–Crippen MR) is 59.9 cm³/mol. The molecular formula is C11H22N2O. The van der Waals surface area contributed by atoms with E-state index in [-0.39, 0.29) is 17.9 Å². The minimum atomic E-state index is -0.372. The van der Waals surface area contributed by atoms with Crippen LogP contribution in [-0.4, -0.2) is 30.4 Å². The van der Waals surface area contributed by atoms with Crippen molar-refractivity contribution < 1.29 is 4.79 Å². The molecule has 0 aromatic heterocycles. The Kier molecular flexibility index (Phi) is 6.21. The standard InChI is InChI=1S/C11H22N2O/c1-5-6-7-8-13(4)11(14)10(12)9(2)3/h5,9-10H,1,6-8,12H2,2-4H3/t10-/m1/s1. The van der Waals surface area contributed by atoms with Gasteiger partial charge in [0.15, 0.2) is 0 Å². The minimum Gasteiger partial charge on any atom is -0.344 e. The number of nitrogens with zero attached hydrogens (tertiary/aromatic N) is 1. The summed E-state index contributed by atoms with van der Waals surface area (Å²) in [7, 11) is 1.80. The molecule has 0 saturated heterocycles. The van der Waals surface area contributed by atoms with E-state index in [4.69, 9.17) is 5.73 Å². The van der Waals surface area contributed by atoms with Gasteiger partial charge in [-0.2, -0.15) is 0 Å². The van der Waals surface area contributed by atoms with Crippen molar-refractivity contribution in [1.29, 1.82) is 0 Å². The molecule has 0 bridgehead atoms. The summed E-state index contributed by atoms with van der Waals surface area (Å²) in [5.41, 5.74) is 5.75. The lowest BCUT2D eigenvalue weighted by atomic mass is 10.0. The van der Waals surface area contributed by atoms with E-state index in [1.54, 1.807) is 11.9 Å². The summed E-state index contributed by atoms with van der Waals surface area (Å²) in [6.07, 6.45) is 3.76. The van der Waals surface area contributed by atoms with E-state index >= 15 is 0 Å². The summed E-state index contributed by atoms with van der Waals surface area (Å²) in [5, 5.41) is 0. The lowest BCUT2D eigenvalue weighted by Gasteiger charge is -2.23. The normalized spacial score (nSPS) is 12.6. The molecule has 0 radical (unpaired) electrons. The van der Waals surface area contributed by atoms with Gasteiger partial charge in [0.25, 0.3) is 0 Å². The van der Waals surface area contributed by atoms with Gasteiger partial charge in [0.2, 0.25) is 5.91 Å². The number of allylic oxidation sites excluding steroid dienone is 1. The molecule has 0 aromatic rings. The van der Waals surface area contributed by atoms with E-state index < -0.39 is 0 Å². The van der Waals surface area contributed by atoms with Crippen LogP contribution in [0, 0.1) is 5.92 Å². The van der Waals surface area contributed by atoms with Crippen LogP contribution in [0.1, 0.15) is 26.7 Å². The van der Waals surface area contributed by atoms with Crippen molar-refractivity contribution >= 4 is 5.91 Å². The molecule has 0 aliphatic carbocycles. The van der Waals surface area contributed by atoms with Gasteiger partial charge in [0.1, 0.15) is 0 Å². The smallest absolute Gasteiger partial charge is 0.239 e. The third-order valence-electron chi connectivity index (χ3n) is 2.28. The molecule has 0 fully saturated rings. The van der Waals surface area contributed by atoms with Crippen LogP contribution in [0.3, 0.4) is 0 Å².